The molecule has 0 atom stereocenters. The Morgan fingerprint density at radius 2 is 2.11 bits per heavy atom. The highest BCUT2D eigenvalue weighted by Gasteiger charge is 2.06. The number of hydrogen-bond donors (Lipinski definition) is 1. The molecule has 4 heteroatoms. The summed E-state index contributed by atoms with van der Waals surface area (Å²) in [6, 6.07) is 9.74. The fraction of sp³-hybridized carbons (Fsp3) is 0.333. The van der Waals surface area contributed by atoms with Crippen LogP contribution in [0.3, 0.4) is 0 Å². The minimum Gasteiger partial charge on any atom is -0.485 e. The van der Waals surface area contributed by atoms with Crippen molar-refractivity contribution in [3.63, 3.8) is 0 Å². The Morgan fingerprint density at radius 3 is 2.84 bits per heavy atom. The average molecular weight is 257 g/mol. The lowest BCUT2D eigenvalue weighted by atomic mass is 10.2. The SMILES string of the molecule is CCNCc1nc(C)ccc1OCc1ccccn1. The van der Waals surface area contributed by atoms with Gasteiger partial charge in [-0.3, -0.25) is 9.97 Å². The molecule has 0 fully saturated rings. The van der Waals surface area contributed by atoms with E-state index in [-0.39, 0.29) is 0 Å². The molecular formula is C15H19N3O. The van der Waals surface area contributed by atoms with Crippen LogP contribution in [-0.4, -0.2) is 16.5 Å². The van der Waals surface area contributed by atoms with Crippen LogP contribution in [0, 0.1) is 6.92 Å². The van der Waals surface area contributed by atoms with Crippen molar-refractivity contribution in [3.05, 3.63) is 53.6 Å². The fourth-order valence-corrected chi connectivity index (χ4v) is 1.73. The zero-order chi connectivity index (χ0) is 13.5. The van der Waals surface area contributed by atoms with Crippen LogP contribution in [0.2, 0.25) is 0 Å². The zero-order valence-electron chi connectivity index (χ0n) is 11.4. The van der Waals surface area contributed by atoms with E-state index in [1.165, 1.54) is 0 Å². The lowest BCUT2D eigenvalue weighted by Gasteiger charge is -2.11. The maximum absolute atomic E-state index is 5.81. The summed E-state index contributed by atoms with van der Waals surface area (Å²) in [5.41, 5.74) is 2.85. The summed E-state index contributed by atoms with van der Waals surface area (Å²) >= 11 is 0. The third-order valence-corrected chi connectivity index (χ3v) is 2.72. The van der Waals surface area contributed by atoms with E-state index in [1.54, 1.807) is 6.20 Å². The van der Waals surface area contributed by atoms with Gasteiger partial charge in [0.1, 0.15) is 12.4 Å². The van der Waals surface area contributed by atoms with Gasteiger partial charge in [0.15, 0.2) is 0 Å². The smallest absolute Gasteiger partial charge is 0.142 e. The van der Waals surface area contributed by atoms with Crippen molar-refractivity contribution >= 4 is 0 Å². The van der Waals surface area contributed by atoms with Crippen LogP contribution >= 0.6 is 0 Å². The molecule has 1 N–H and O–H groups in total. The van der Waals surface area contributed by atoms with Gasteiger partial charge >= 0.3 is 0 Å². The summed E-state index contributed by atoms with van der Waals surface area (Å²) in [5, 5.41) is 3.27. The predicted molar refractivity (Wildman–Crippen MR) is 74.9 cm³/mol. The van der Waals surface area contributed by atoms with Crippen LogP contribution in [0.25, 0.3) is 0 Å². The Labute approximate surface area is 113 Å². The highest BCUT2D eigenvalue weighted by Crippen LogP contribution is 2.18. The van der Waals surface area contributed by atoms with E-state index in [9.17, 15) is 0 Å². The maximum Gasteiger partial charge on any atom is 0.142 e. The molecule has 2 rings (SSSR count). The van der Waals surface area contributed by atoms with Crippen molar-refractivity contribution in [2.24, 2.45) is 0 Å². The lowest BCUT2D eigenvalue weighted by molar-refractivity contribution is 0.295. The second-order valence-corrected chi connectivity index (χ2v) is 4.29. The van der Waals surface area contributed by atoms with Gasteiger partial charge in [-0.2, -0.15) is 0 Å². The van der Waals surface area contributed by atoms with Crippen LogP contribution < -0.4 is 10.1 Å². The van der Waals surface area contributed by atoms with E-state index in [1.807, 2.05) is 37.3 Å². The second-order valence-electron chi connectivity index (χ2n) is 4.29. The average Bonchev–Trinajstić information content (AvgIpc) is 2.45. The molecule has 0 saturated heterocycles. The van der Waals surface area contributed by atoms with Crippen LogP contribution in [0.15, 0.2) is 36.5 Å². The molecule has 0 spiro atoms. The number of aryl methyl sites for hydroxylation is 1. The molecule has 0 unspecified atom stereocenters. The molecule has 2 heterocycles. The quantitative estimate of drug-likeness (QED) is 0.863. The molecular weight excluding hydrogens is 238 g/mol. The molecule has 0 aliphatic carbocycles. The van der Waals surface area contributed by atoms with Crippen LogP contribution in [-0.2, 0) is 13.2 Å². The number of nitrogens with zero attached hydrogens (tertiary/aromatic N) is 2. The largest absolute Gasteiger partial charge is 0.485 e. The van der Waals surface area contributed by atoms with Crippen molar-refractivity contribution < 1.29 is 4.74 Å². The number of pyridine rings is 2. The van der Waals surface area contributed by atoms with Crippen molar-refractivity contribution in [3.8, 4) is 5.75 Å². The van der Waals surface area contributed by atoms with Gasteiger partial charge in [-0.15, -0.1) is 0 Å². The highest BCUT2D eigenvalue weighted by molar-refractivity contribution is 5.29. The first-order valence-corrected chi connectivity index (χ1v) is 6.49. The Hall–Kier alpha value is -1.94. The van der Waals surface area contributed by atoms with Gasteiger partial charge in [0.25, 0.3) is 0 Å². The Bertz CT molecular complexity index is 514. The first-order chi connectivity index (χ1) is 9.29. The molecule has 0 saturated carbocycles. The Kier molecular flexibility index (Phi) is 4.86. The second kappa shape index (κ2) is 6.85. The van der Waals surface area contributed by atoms with Crippen LogP contribution in [0.1, 0.15) is 24.0 Å². The Balaban J connectivity index is 2.06. The molecule has 2 aromatic rings. The van der Waals surface area contributed by atoms with E-state index in [0.29, 0.717) is 6.61 Å². The molecule has 0 aromatic carbocycles. The molecule has 2 aromatic heterocycles. The van der Waals surface area contributed by atoms with Gasteiger partial charge in [0, 0.05) is 18.4 Å². The third-order valence-electron chi connectivity index (χ3n) is 2.72. The zero-order valence-corrected chi connectivity index (χ0v) is 11.4. The third kappa shape index (κ3) is 4.03. The van der Waals surface area contributed by atoms with Gasteiger partial charge in [0.05, 0.1) is 11.4 Å². The van der Waals surface area contributed by atoms with Gasteiger partial charge in [0.2, 0.25) is 0 Å². The summed E-state index contributed by atoms with van der Waals surface area (Å²) in [6.45, 7) is 6.15. The summed E-state index contributed by atoms with van der Waals surface area (Å²) in [4.78, 5) is 8.76. The number of aromatic nitrogens is 2. The number of ether oxygens (including phenoxy) is 1. The van der Waals surface area contributed by atoms with Crippen molar-refractivity contribution in [2.45, 2.75) is 27.0 Å². The molecule has 0 amide bonds. The molecule has 0 aliphatic rings. The fourth-order valence-electron chi connectivity index (χ4n) is 1.73. The molecule has 0 radical (unpaired) electrons. The lowest BCUT2D eigenvalue weighted by Crippen LogP contribution is -2.14. The highest BCUT2D eigenvalue weighted by atomic mass is 16.5. The van der Waals surface area contributed by atoms with E-state index in [2.05, 4.69) is 22.2 Å². The van der Waals surface area contributed by atoms with E-state index < -0.39 is 0 Å². The van der Waals surface area contributed by atoms with Crippen LogP contribution in [0.5, 0.6) is 5.75 Å². The van der Waals surface area contributed by atoms with E-state index in [4.69, 9.17) is 4.74 Å². The maximum atomic E-state index is 5.81. The van der Waals surface area contributed by atoms with Crippen molar-refractivity contribution in [1.29, 1.82) is 0 Å². The number of rotatable bonds is 6. The van der Waals surface area contributed by atoms with Gasteiger partial charge in [-0.05, 0) is 37.7 Å². The predicted octanol–water partition coefficient (Wildman–Crippen LogP) is 2.47. The molecule has 0 aliphatic heterocycles. The first kappa shape index (κ1) is 13.5. The van der Waals surface area contributed by atoms with E-state index in [0.717, 1.165) is 35.9 Å². The van der Waals surface area contributed by atoms with E-state index >= 15 is 0 Å². The molecule has 100 valence electrons. The summed E-state index contributed by atoms with van der Waals surface area (Å²) in [5.74, 6) is 0.817. The first-order valence-electron chi connectivity index (χ1n) is 6.49. The number of hydrogen-bond acceptors (Lipinski definition) is 4. The summed E-state index contributed by atoms with van der Waals surface area (Å²) < 4.78 is 5.81. The van der Waals surface area contributed by atoms with Gasteiger partial charge < -0.3 is 10.1 Å². The monoisotopic (exact) mass is 257 g/mol. The Morgan fingerprint density at radius 1 is 1.21 bits per heavy atom. The molecule has 19 heavy (non-hydrogen) atoms. The minimum absolute atomic E-state index is 0.463. The molecule has 0 bridgehead atoms. The van der Waals surface area contributed by atoms with Crippen molar-refractivity contribution in [2.75, 3.05) is 6.54 Å². The summed E-state index contributed by atoms with van der Waals surface area (Å²) in [7, 11) is 0. The normalized spacial score (nSPS) is 10.4. The van der Waals surface area contributed by atoms with Gasteiger partial charge in [-0.25, -0.2) is 0 Å². The standard InChI is InChI=1S/C15H19N3O/c1-3-16-10-14-15(8-7-12(2)18-14)19-11-13-6-4-5-9-17-13/h4-9,16H,3,10-11H2,1-2H3. The van der Waals surface area contributed by atoms with Gasteiger partial charge in [-0.1, -0.05) is 13.0 Å². The number of nitrogens with one attached hydrogen (secondary N) is 1. The molecule has 4 nitrogen and oxygen atoms in total. The van der Waals surface area contributed by atoms with Crippen molar-refractivity contribution in [1.82, 2.24) is 15.3 Å². The minimum atomic E-state index is 0.463. The topological polar surface area (TPSA) is 47.0 Å². The summed E-state index contributed by atoms with van der Waals surface area (Å²) in [6.07, 6.45) is 1.77. The van der Waals surface area contributed by atoms with Crippen LogP contribution in [0.4, 0.5) is 0 Å².